The van der Waals surface area contributed by atoms with Crippen LogP contribution in [-0.2, 0) is 11.4 Å². The van der Waals surface area contributed by atoms with Gasteiger partial charge in [-0.05, 0) is 48.0 Å². The number of hydrazone groups is 1. The van der Waals surface area contributed by atoms with E-state index in [0.29, 0.717) is 23.9 Å². The van der Waals surface area contributed by atoms with Gasteiger partial charge in [-0.3, -0.25) is 4.79 Å². The Morgan fingerprint density at radius 1 is 0.969 bits per heavy atom. The molecule has 162 valence electrons. The number of carbonyl (C=O) groups is 1. The summed E-state index contributed by atoms with van der Waals surface area (Å²) in [5, 5.41) is 3.95. The first-order valence-corrected chi connectivity index (χ1v) is 10.5. The van der Waals surface area contributed by atoms with Gasteiger partial charge >= 0.3 is 0 Å². The summed E-state index contributed by atoms with van der Waals surface area (Å²) in [4.78, 5) is 12.0. The molecule has 0 saturated heterocycles. The third-order valence-electron chi connectivity index (χ3n) is 4.12. The molecule has 0 aromatic heterocycles. The minimum absolute atomic E-state index is 0.173. The molecule has 0 heterocycles. The van der Waals surface area contributed by atoms with Crippen LogP contribution in [0.2, 0.25) is 0 Å². The van der Waals surface area contributed by atoms with Gasteiger partial charge in [0.2, 0.25) is 0 Å². The number of benzene rings is 3. The van der Waals surface area contributed by atoms with Gasteiger partial charge in [0.25, 0.3) is 5.91 Å². The fourth-order valence-corrected chi connectivity index (χ4v) is 2.91. The Labute approximate surface area is 195 Å². The molecule has 0 atom stereocenters. The Morgan fingerprint density at radius 3 is 2.38 bits per heavy atom. The summed E-state index contributed by atoms with van der Waals surface area (Å²) in [7, 11) is 0. The van der Waals surface area contributed by atoms with Crippen molar-refractivity contribution in [2.24, 2.45) is 5.10 Å². The predicted octanol–water partition coefficient (Wildman–Crippen LogP) is 4.57. The lowest BCUT2D eigenvalue weighted by molar-refractivity contribution is -0.123. The van der Waals surface area contributed by atoms with Crippen molar-refractivity contribution in [1.29, 1.82) is 0 Å². The van der Waals surface area contributed by atoms with E-state index in [4.69, 9.17) is 20.6 Å². The van der Waals surface area contributed by atoms with Crippen LogP contribution in [0.15, 0.2) is 82.4 Å². The SMILES string of the molecule is C#CCOc1ccc(Br)c(C=NNC(=O)COc2ccc(OCc3ccccc3)cc2)c1. The van der Waals surface area contributed by atoms with Gasteiger partial charge in [-0.2, -0.15) is 5.10 Å². The van der Waals surface area contributed by atoms with Gasteiger partial charge < -0.3 is 14.2 Å². The molecule has 0 radical (unpaired) electrons. The van der Waals surface area contributed by atoms with E-state index < -0.39 is 0 Å². The van der Waals surface area contributed by atoms with Crippen LogP contribution in [0.1, 0.15) is 11.1 Å². The summed E-state index contributed by atoms with van der Waals surface area (Å²) in [5.74, 6) is 3.90. The van der Waals surface area contributed by atoms with Gasteiger partial charge in [-0.15, -0.1) is 6.42 Å². The number of nitrogens with one attached hydrogen (secondary N) is 1. The van der Waals surface area contributed by atoms with Crippen molar-refractivity contribution >= 4 is 28.1 Å². The Balaban J connectivity index is 1.43. The molecule has 0 aliphatic carbocycles. The highest BCUT2D eigenvalue weighted by Crippen LogP contribution is 2.21. The monoisotopic (exact) mass is 492 g/mol. The van der Waals surface area contributed by atoms with Crippen LogP contribution in [0.3, 0.4) is 0 Å². The molecular formula is C25H21BrN2O4. The number of nitrogens with zero attached hydrogens (tertiary/aromatic N) is 1. The second-order valence-electron chi connectivity index (χ2n) is 6.50. The molecule has 3 aromatic rings. The van der Waals surface area contributed by atoms with Crippen LogP contribution in [0.4, 0.5) is 0 Å². The summed E-state index contributed by atoms with van der Waals surface area (Å²) in [6.07, 6.45) is 6.70. The number of terminal acetylenes is 1. The van der Waals surface area contributed by atoms with Crippen LogP contribution in [-0.4, -0.2) is 25.3 Å². The standard InChI is InChI=1S/C25H21BrN2O4/c1-2-14-30-23-12-13-24(26)20(15-23)16-27-28-25(29)18-32-22-10-8-21(9-11-22)31-17-19-6-4-3-5-7-19/h1,3-13,15-16H,14,17-18H2,(H,28,29). The fourth-order valence-electron chi connectivity index (χ4n) is 2.56. The van der Waals surface area contributed by atoms with E-state index in [1.54, 1.807) is 36.4 Å². The molecule has 7 heteroatoms. The molecule has 0 spiro atoms. The molecule has 0 fully saturated rings. The Bertz CT molecular complexity index is 1090. The number of amides is 1. The van der Waals surface area contributed by atoms with E-state index in [-0.39, 0.29) is 19.1 Å². The number of carbonyl (C=O) groups excluding carboxylic acids is 1. The Morgan fingerprint density at radius 2 is 1.66 bits per heavy atom. The summed E-state index contributed by atoms with van der Waals surface area (Å²) in [6, 6.07) is 22.3. The third-order valence-corrected chi connectivity index (χ3v) is 4.85. The smallest absolute Gasteiger partial charge is 0.277 e. The molecule has 3 rings (SSSR count). The molecular weight excluding hydrogens is 472 g/mol. The highest BCUT2D eigenvalue weighted by molar-refractivity contribution is 9.10. The van der Waals surface area contributed by atoms with Gasteiger partial charge in [0.05, 0.1) is 6.21 Å². The van der Waals surface area contributed by atoms with Crippen molar-refractivity contribution in [1.82, 2.24) is 5.43 Å². The Kier molecular flexibility index (Phi) is 8.72. The first-order chi connectivity index (χ1) is 15.6. The first kappa shape index (κ1) is 22.9. The molecule has 0 aliphatic heterocycles. The average molecular weight is 493 g/mol. The van der Waals surface area contributed by atoms with E-state index in [9.17, 15) is 4.79 Å². The second-order valence-corrected chi connectivity index (χ2v) is 7.36. The Hall–Kier alpha value is -3.76. The largest absolute Gasteiger partial charge is 0.489 e. The normalized spacial score (nSPS) is 10.4. The van der Waals surface area contributed by atoms with Crippen LogP contribution in [0.25, 0.3) is 0 Å². The van der Waals surface area contributed by atoms with E-state index >= 15 is 0 Å². The first-order valence-electron chi connectivity index (χ1n) is 9.71. The molecule has 0 aliphatic rings. The summed E-state index contributed by atoms with van der Waals surface area (Å²) >= 11 is 3.42. The lowest BCUT2D eigenvalue weighted by Crippen LogP contribution is -2.24. The minimum Gasteiger partial charge on any atom is -0.489 e. The fraction of sp³-hybridized carbons (Fsp3) is 0.120. The van der Waals surface area contributed by atoms with Gasteiger partial charge in [-0.25, -0.2) is 5.43 Å². The molecule has 32 heavy (non-hydrogen) atoms. The highest BCUT2D eigenvalue weighted by Gasteiger charge is 2.04. The average Bonchev–Trinajstić information content (AvgIpc) is 2.83. The van der Waals surface area contributed by atoms with E-state index in [2.05, 4.69) is 32.4 Å². The predicted molar refractivity (Wildman–Crippen MR) is 127 cm³/mol. The highest BCUT2D eigenvalue weighted by atomic mass is 79.9. The van der Waals surface area contributed by atoms with Crippen LogP contribution >= 0.6 is 15.9 Å². The number of halogens is 1. The zero-order chi connectivity index (χ0) is 22.6. The van der Waals surface area contributed by atoms with E-state index in [1.165, 1.54) is 6.21 Å². The third kappa shape index (κ3) is 7.49. The number of rotatable bonds is 10. The molecule has 0 unspecified atom stereocenters. The molecule has 0 saturated carbocycles. The maximum Gasteiger partial charge on any atom is 0.277 e. The second kappa shape index (κ2) is 12.2. The van der Waals surface area contributed by atoms with Gasteiger partial charge in [0.15, 0.2) is 6.61 Å². The zero-order valence-corrected chi connectivity index (χ0v) is 18.7. The summed E-state index contributed by atoms with van der Waals surface area (Å²) in [5.41, 5.74) is 4.24. The minimum atomic E-state index is -0.387. The number of hydrogen-bond donors (Lipinski definition) is 1. The van der Waals surface area contributed by atoms with E-state index in [1.807, 2.05) is 36.4 Å². The molecule has 3 aromatic carbocycles. The van der Waals surface area contributed by atoms with Gasteiger partial charge in [-0.1, -0.05) is 52.2 Å². The molecule has 1 N–H and O–H groups in total. The zero-order valence-electron chi connectivity index (χ0n) is 17.2. The van der Waals surface area contributed by atoms with Crippen LogP contribution in [0, 0.1) is 12.3 Å². The van der Waals surface area contributed by atoms with Crippen LogP contribution < -0.4 is 19.6 Å². The van der Waals surface area contributed by atoms with Gasteiger partial charge in [0.1, 0.15) is 30.5 Å². The lowest BCUT2D eigenvalue weighted by Gasteiger charge is -2.08. The maximum absolute atomic E-state index is 12.0. The molecule has 0 bridgehead atoms. The van der Waals surface area contributed by atoms with Crippen LogP contribution in [0.5, 0.6) is 17.2 Å². The summed E-state index contributed by atoms with van der Waals surface area (Å²) in [6.45, 7) is 0.483. The maximum atomic E-state index is 12.0. The van der Waals surface area contributed by atoms with Crippen molar-refractivity contribution in [2.75, 3.05) is 13.2 Å². The van der Waals surface area contributed by atoms with E-state index in [0.717, 1.165) is 15.6 Å². The molecule has 1 amide bonds. The molecule has 6 nitrogen and oxygen atoms in total. The van der Waals surface area contributed by atoms with Crippen molar-refractivity contribution in [3.63, 3.8) is 0 Å². The number of ether oxygens (including phenoxy) is 3. The topological polar surface area (TPSA) is 69.2 Å². The lowest BCUT2D eigenvalue weighted by atomic mass is 10.2. The van der Waals surface area contributed by atoms with Gasteiger partial charge in [0, 0.05) is 10.0 Å². The summed E-state index contributed by atoms with van der Waals surface area (Å²) < 4.78 is 17.4. The number of hydrogen-bond acceptors (Lipinski definition) is 5. The quantitative estimate of drug-likeness (QED) is 0.255. The van der Waals surface area contributed by atoms with Crippen molar-refractivity contribution in [3.8, 4) is 29.6 Å². The van der Waals surface area contributed by atoms with Crippen molar-refractivity contribution in [3.05, 3.63) is 88.4 Å². The van der Waals surface area contributed by atoms with Crippen molar-refractivity contribution < 1.29 is 19.0 Å². The van der Waals surface area contributed by atoms with Crippen molar-refractivity contribution in [2.45, 2.75) is 6.61 Å².